The molecule has 0 unspecified atom stereocenters. The van der Waals surface area contributed by atoms with Gasteiger partial charge in [-0.05, 0) is 24.5 Å². The average molecular weight is 276 g/mol. The van der Waals surface area contributed by atoms with Crippen LogP contribution in [0.1, 0.15) is 24.5 Å². The van der Waals surface area contributed by atoms with Crippen LogP contribution in [0.5, 0.6) is 0 Å². The zero-order valence-electron chi connectivity index (χ0n) is 12.3. The van der Waals surface area contributed by atoms with Gasteiger partial charge in [0.2, 0.25) is 0 Å². The van der Waals surface area contributed by atoms with Gasteiger partial charge in [0, 0.05) is 0 Å². The van der Waals surface area contributed by atoms with Gasteiger partial charge in [-0.2, -0.15) is 0 Å². The standard InChI is InChI=1S/C20H20O/c1-20(17-21,19-14-8-3-9-15-19)16-10-4-7-13-18-11-5-2-6-12-18/h2-15,17H,16H2,1H3/b10-4+,13-7+/t20-/m1/s1. The average Bonchev–Trinajstić information content (AvgIpc) is 2.56. The highest BCUT2D eigenvalue weighted by Gasteiger charge is 2.23. The number of allylic oxidation sites excluding steroid dienone is 3. The number of carbonyl (C=O) groups is 1. The summed E-state index contributed by atoms with van der Waals surface area (Å²) in [6.45, 7) is 1.97. The summed E-state index contributed by atoms with van der Waals surface area (Å²) in [5.41, 5.74) is 1.76. The molecule has 0 N–H and O–H groups in total. The van der Waals surface area contributed by atoms with E-state index in [2.05, 4.69) is 18.2 Å². The third kappa shape index (κ3) is 4.28. The molecule has 106 valence electrons. The second-order valence-corrected chi connectivity index (χ2v) is 5.30. The Hall–Kier alpha value is -2.41. The van der Waals surface area contributed by atoms with Gasteiger partial charge in [-0.3, -0.25) is 0 Å². The Balaban J connectivity index is 1.99. The zero-order valence-corrected chi connectivity index (χ0v) is 12.3. The molecule has 0 bridgehead atoms. The quantitative estimate of drug-likeness (QED) is 0.547. The summed E-state index contributed by atoms with van der Waals surface area (Å²) in [5.74, 6) is 0. The summed E-state index contributed by atoms with van der Waals surface area (Å²) in [6, 6.07) is 20.1. The minimum absolute atomic E-state index is 0.460. The predicted molar refractivity (Wildman–Crippen MR) is 89.1 cm³/mol. The molecule has 1 atom stereocenters. The van der Waals surface area contributed by atoms with Crippen LogP contribution in [-0.2, 0) is 10.2 Å². The molecule has 1 heteroatoms. The van der Waals surface area contributed by atoms with Crippen molar-refractivity contribution in [3.63, 3.8) is 0 Å². The Morgan fingerprint density at radius 2 is 1.52 bits per heavy atom. The van der Waals surface area contributed by atoms with E-state index in [0.717, 1.165) is 11.8 Å². The van der Waals surface area contributed by atoms with Gasteiger partial charge in [0.25, 0.3) is 0 Å². The van der Waals surface area contributed by atoms with Crippen molar-refractivity contribution < 1.29 is 4.79 Å². The number of rotatable bonds is 6. The fourth-order valence-electron chi connectivity index (χ4n) is 2.18. The molecule has 0 fully saturated rings. The van der Waals surface area contributed by atoms with Gasteiger partial charge in [0.15, 0.2) is 0 Å². The lowest BCUT2D eigenvalue weighted by Gasteiger charge is -2.21. The van der Waals surface area contributed by atoms with Crippen molar-refractivity contribution in [1.29, 1.82) is 0 Å². The van der Waals surface area contributed by atoms with Crippen LogP contribution in [0, 0.1) is 0 Å². The molecule has 2 aromatic carbocycles. The molecule has 2 aromatic rings. The Labute approximate surface area is 126 Å². The molecule has 21 heavy (non-hydrogen) atoms. The van der Waals surface area contributed by atoms with Crippen LogP contribution < -0.4 is 0 Å². The Morgan fingerprint density at radius 3 is 2.14 bits per heavy atom. The fraction of sp³-hybridized carbons (Fsp3) is 0.150. The Morgan fingerprint density at radius 1 is 0.905 bits per heavy atom. The lowest BCUT2D eigenvalue weighted by molar-refractivity contribution is -0.112. The third-order valence-corrected chi connectivity index (χ3v) is 3.57. The molecule has 0 aliphatic rings. The predicted octanol–water partition coefficient (Wildman–Crippen LogP) is 4.80. The molecule has 0 saturated heterocycles. The molecule has 0 aromatic heterocycles. The summed E-state index contributed by atoms with van der Waals surface area (Å²) < 4.78 is 0. The highest BCUT2D eigenvalue weighted by Crippen LogP contribution is 2.25. The largest absolute Gasteiger partial charge is 0.302 e. The van der Waals surface area contributed by atoms with Crippen LogP contribution >= 0.6 is 0 Å². The SMILES string of the molecule is C[C@](C=O)(C/C=C/C=C/c1ccccc1)c1ccccc1. The third-order valence-electron chi connectivity index (χ3n) is 3.57. The molecule has 0 amide bonds. The van der Waals surface area contributed by atoms with E-state index in [-0.39, 0.29) is 0 Å². The highest BCUT2D eigenvalue weighted by molar-refractivity contribution is 5.68. The van der Waals surface area contributed by atoms with Gasteiger partial charge in [-0.25, -0.2) is 0 Å². The van der Waals surface area contributed by atoms with E-state index in [1.807, 2.05) is 73.7 Å². The molecule has 0 saturated carbocycles. The number of aldehydes is 1. The van der Waals surface area contributed by atoms with Gasteiger partial charge in [0.05, 0.1) is 5.41 Å². The lowest BCUT2D eigenvalue weighted by atomic mass is 9.81. The van der Waals surface area contributed by atoms with Crippen molar-refractivity contribution in [3.8, 4) is 0 Å². The monoisotopic (exact) mass is 276 g/mol. The summed E-state index contributed by atoms with van der Waals surface area (Å²) in [6.07, 6.45) is 9.83. The maximum Gasteiger partial charge on any atom is 0.130 e. The summed E-state index contributed by atoms with van der Waals surface area (Å²) in [5, 5.41) is 0. The van der Waals surface area contributed by atoms with Crippen LogP contribution in [0.2, 0.25) is 0 Å². The first-order valence-electron chi connectivity index (χ1n) is 7.15. The van der Waals surface area contributed by atoms with Crippen molar-refractivity contribution in [2.45, 2.75) is 18.8 Å². The van der Waals surface area contributed by atoms with E-state index in [1.54, 1.807) is 0 Å². The molecule has 0 spiro atoms. The molecule has 0 aliphatic carbocycles. The van der Waals surface area contributed by atoms with Crippen molar-refractivity contribution >= 4 is 12.4 Å². The van der Waals surface area contributed by atoms with E-state index < -0.39 is 5.41 Å². The molecule has 2 rings (SSSR count). The molecule has 0 radical (unpaired) electrons. The first-order chi connectivity index (χ1) is 10.2. The lowest BCUT2D eigenvalue weighted by Crippen LogP contribution is -2.22. The Kier molecular flexibility index (Phi) is 5.28. The Bertz CT molecular complexity index is 611. The van der Waals surface area contributed by atoms with Crippen LogP contribution in [0.4, 0.5) is 0 Å². The topological polar surface area (TPSA) is 17.1 Å². The van der Waals surface area contributed by atoms with Gasteiger partial charge in [-0.15, -0.1) is 0 Å². The summed E-state index contributed by atoms with van der Waals surface area (Å²) in [7, 11) is 0. The molecule has 0 aliphatic heterocycles. The van der Waals surface area contributed by atoms with Crippen molar-refractivity contribution in [3.05, 3.63) is 90.0 Å². The second kappa shape index (κ2) is 7.39. The molecular weight excluding hydrogens is 256 g/mol. The first kappa shape index (κ1) is 15.0. The number of benzene rings is 2. The summed E-state index contributed by atoms with van der Waals surface area (Å²) >= 11 is 0. The molecule has 1 nitrogen and oxygen atoms in total. The van der Waals surface area contributed by atoms with E-state index in [1.165, 1.54) is 5.56 Å². The normalized spacial score (nSPS) is 14.3. The van der Waals surface area contributed by atoms with Gasteiger partial charge >= 0.3 is 0 Å². The maximum absolute atomic E-state index is 11.5. The minimum Gasteiger partial charge on any atom is -0.302 e. The first-order valence-corrected chi connectivity index (χ1v) is 7.15. The molecule has 0 heterocycles. The van der Waals surface area contributed by atoms with Crippen molar-refractivity contribution in [2.75, 3.05) is 0 Å². The van der Waals surface area contributed by atoms with E-state index in [4.69, 9.17) is 0 Å². The fourth-order valence-corrected chi connectivity index (χ4v) is 2.18. The second-order valence-electron chi connectivity index (χ2n) is 5.30. The van der Waals surface area contributed by atoms with Gasteiger partial charge < -0.3 is 4.79 Å². The van der Waals surface area contributed by atoms with E-state index in [9.17, 15) is 4.79 Å². The van der Waals surface area contributed by atoms with Crippen LogP contribution in [-0.4, -0.2) is 6.29 Å². The van der Waals surface area contributed by atoms with Gasteiger partial charge in [0.1, 0.15) is 6.29 Å². The van der Waals surface area contributed by atoms with Crippen LogP contribution in [0.15, 0.2) is 78.9 Å². The maximum atomic E-state index is 11.5. The van der Waals surface area contributed by atoms with E-state index in [0.29, 0.717) is 6.42 Å². The van der Waals surface area contributed by atoms with Crippen LogP contribution in [0.25, 0.3) is 6.08 Å². The summed E-state index contributed by atoms with van der Waals surface area (Å²) in [4.78, 5) is 11.5. The highest BCUT2D eigenvalue weighted by atomic mass is 16.1. The van der Waals surface area contributed by atoms with Gasteiger partial charge in [-0.1, -0.05) is 85.0 Å². The number of hydrogen-bond donors (Lipinski definition) is 0. The van der Waals surface area contributed by atoms with Crippen LogP contribution in [0.3, 0.4) is 0 Å². The van der Waals surface area contributed by atoms with Crippen molar-refractivity contribution in [2.24, 2.45) is 0 Å². The minimum atomic E-state index is -0.460. The van der Waals surface area contributed by atoms with E-state index >= 15 is 0 Å². The zero-order chi connectivity index (χ0) is 15.0. The van der Waals surface area contributed by atoms with Crippen molar-refractivity contribution in [1.82, 2.24) is 0 Å². The smallest absolute Gasteiger partial charge is 0.130 e. The molecular formula is C20H20O. The number of hydrogen-bond acceptors (Lipinski definition) is 1. The number of carbonyl (C=O) groups excluding carboxylic acids is 1.